The van der Waals surface area contributed by atoms with Gasteiger partial charge in [-0.25, -0.2) is 4.39 Å². The first-order chi connectivity index (χ1) is 12.6. The van der Waals surface area contributed by atoms with Crippen molar-refractivity contribution >= 4 is 37.6 Å². The molecule has 0 amide bonds. The summed E-state index contributed by atoms with van der Waals surface area (Å²) in [5.74, 6) is -0.453. The maximum absolute atomic E-state index is 13.8. The largest absolute Gasteiger partial charge is 0.598 e. The molecule has 0 radical (unpaired) electrons. The van der Waals surface area contributed by atoms with E-state index < -0.39 is 42.4 Å². The Kier molecular flexibility index (Phi) is 8.75. The number of benzene rings is 1. The second-order valence-electron chi connectivity index (χ2n) is 9.57. The standard InChI is InChI=1S/C20H33ClFNO3SSi/c1-19(2,3)27(25)23-17(11-14-9-15(21)12-16(22)10-14)18(13-24)26-28(7,8)20(4,5)6/h9-10,12-13,17-18,23H,11H2,1-8H3/t17-,18+,27?/m0/s1. The third kappa shape index (κ3) is 7.43. The molecule has 0 heterocycles. The predicted molar refractivity (Wildman–Crippen MR) is 118 cm³/mol. The lowest BCUT2D eigenvalue weighted by Crippen LogP contribution is -2.55. The molecule has 8 heteroatoms. The first-order valence-electron chi connectivity index (χ1n) is 9.33. The SMILES string of the molecule is CC(C)(C)[S+]([O-])N[C@@H](Cc1cc(F)cc(Cl)c1)[C@@H](C=O)O[Si](C)(C)C(C)(C)C. The molecule has 1 N–H and O–H groups in total. The van der Waals surface area contributed by atoms with E-state index in [9.17, 15) is 13.7 Å². The van der Waals surface area contributed by atoms with Crippen molar-refractivity contribution in [2.75, 3.05) is 0 Å². The van der Waals surface area contributed by atoms with Gasteiger partial charge in [0.25, 0.3) is 0 Å². The summed E-state index contributed by atoms with van der Waals surface area (Å²) in [4.78, 5) is 12.0. The molecule has 0 bridgehead atoms. The Morgan fingerprint density at radius 1 is 1.25 bits per heavy atom. The number of aldehydes is 1. The van der Waals surface area contributed by atoms with Gasteiger partial charge >= 0.3 is 0 Å². The summed E-state index contributed by atoms with van der Waals surface area (Å²) in [5.41, 5.74) is 0.610. The van der Waals surface area contributed by atoms with Crippen molar-refractivity contribution in [1.29, 1.82) is 0 Å². The number of carbonyl (C=O) groups is 1. The van der Waals surface area contributed by atoms with E-state index in [2.05, 4.69) is 38.6 Å². The molecule has 1 unspecified atom stereocenters. The fourth-order valence-corrected chi connectivity index (χ4v) is 4.59. The van der Waals surface area contributed by atoms with Gasteiger partial charge in [0.2, 0.25) is 0 Å². The monoisotopic (exact) mass is 449 g/mol. The molecule has 0 aliphatic heterocycles. The van der Waals surface area contributed by atoms with Crippen molar-refractivity contribution in [1.82, 2.24) is 4.72 Å². The van der Waals surface area contributed by atoms with Crippen LogP contribution in [0.4, 0.5) is 4.39 Å². The number of halogens is 2. The van der Waals surface area contributed by atoms with Crippen LogP contribution in [0.5, 0.6) is 0 Å². The first kappa shape index (κ1) is 25.6. The molecular weight excluding hydrogens is 417 g/mol. The van der Waals surface area contributed by atoms with Gasteiger partial charge in [0.05, 0.1) is 6.04 Å². The minimum atomic E-state index is -2.26. The van der Waals surface area contributed by atoms with Crippen LogP contribution in [0.25, 0.3) is 0 Å². The third-order valence-corrected chi connectivity index (χ3v) is 11.3. The summed E-state index contributed by atoms with van der Waals surface area (Å²) in [7, 11) is -2.26. The first-order valence-corrected chi connectivity index (χ1v) is 13.8. The van der Waals surface area contributed by atoms with Gasteiger partial charge in [-0.15, -0.1) is 4.72 Å². The van der Waals surface area contributed by atoms with Gasteiger partial charge < -0.3 is 13.8 Å². The molecule has 3 atom stereocenters. The van der Waals surface area contributed by atoms with Gasteiger partial charge in [-0.1, -0.05) is 32.4 Å². The van der Waals surface area contributed by atoms with Crippen LogP contribution < -0.4 is 4.72 Å². The molecule has 0 aromatic heterocycles. The minimum absolute atomic E-state index is 0.0931. The minimum Gasteiger partial charge on any atom is -0.598 e. The van der Waals surface area contributed by atoms with E-state index in [1.54, 1.807) is 6.07 Å². The van der Waals surface area contributed by atoms with Gasteiger partial charge in [-0.05, 0) is 69.1 Å². The summed E-state index contributed by atoms with van der Waals surface area (Å²) < 4.78 is 35.3. The molecule has 0 fully saturated rings. The van der Waals surface area contributed by atoms with Gasteiger partial charge in [-0.2, -0.15) is 0 Å². The van der Waals surface area contributed by atoms with Crippen LogP contribution in [0.1, 0.15) is 47.1 Å². The Hall–Kier alpha value is -0.443. The summed E-state index contributed by atoms with van der Waals surface area (Å²) >= 11 is 4.55. The van der Waals surface area contributed by atoms with Crippen LogP contribution in [0, 0.1) is 5.82 Å². The highest BCUT2D eigenvalue weighted by atomic mass is 35.5. The van der Waals surface area contributed by atoms with Gasteiger partial charge in [0.1, 0.15) is 23.0 Å². The molecule has 1 aromatic carbocycles. The van der Waals surface area contributed by atoms with Crippen LogP contribution in [-0.4, -0.2) is 36.0 Å². The second kappa shape index (κ2) is 9.58. The lowest BCUT2D eigenvalue weighted by atomic mass is 10.0. The number of hydrogen-bond acceptors (Lipinski definition) is 4. The van der Waals surface area contributed by atoms with E-state index >= 15 is 0 Å². The number of hydrogen-bond donors (Lipinski definition) is 1. The molecule has 1 aromatic rings. The Balaban J connectivity index is 3.21. The maximum atomic E-state index is 13.8. The second-order valence-corrected chi connectivity index (χ2v) is 16.8. The summed E-state index contributed by atoms with van der Waals surface area (Å²) in [5, 5.41) is 0.183. The van der Waals surface area contributed by atoms with Crippen LogP contribution in [0.15, 0.2) is 18.2 Å². The fourth-order valence-electron chi connectivity index (χ4n) is 2.24. The van der Waals surface area contributed by atoms with E-state index in [1.165, 1.54) is 12.1 Å². The highest BCUT2D eigenvalue weighted by Gasteiger charge is 2.42. The van der Waals surface area contributed by atoms with E-state index in [0.29, 0.717) is 5.56 Å². The highest BCUT2D eigenvalue weighted by Crippen LogP contribution is 2.37. The van der Waals surface area contributed by atoms with Crippen molar-refractivity contribution in [3.05, 3.63) is 34.6 Å². The Bertz CT molecular complexity index is 656. The van der Waals surface area contributed by atoms with E-state index in [-0.39, 0.29) is 16.5 Å². The lowest BCUT2D eigenvalue weighted by molar-refractivity contribution is -0.115. The Morgan fingerprint density at radius 2 is 1.82 bits per heavy atom. The molecule has 1 rings (SSSR count). The average molecular weight is 450 g/mol. The van der Waals surface area contributed by atoms with Crippen LogP contribution in [-0.2, 0) is 27.0 Å². The van der Waals surface area contributed by atoms with Crippen LogP contribution in [0.2, 0.25) is 23.2 Å². The van der Waals surface area contributed by atoms with E-state index in [4.69, 9.17) is 16.0 Å². The topological polar surface area (TPSA) is 61.4 Å². The van der Waals surface area contributed by atoms with Crippen molar-refractivity contribution in [2.45, 2.75) is 83.0 Å². The Morgan fingerprint density at radius 3 is 2.25 bits per heavy atom. The quantitative estimate of drug-likeness (QED) is 0.343. The molecule has 160 valence electrons. The lowest BCUT2D eigenvalue weighted by Gasteiger charge is -2.40. The van der Waals surface area contributed by atoms with Crippen LogP contribution >= 0.6 is 11.6 Å². The number of carbonyl (C=O) groups excluding carboxylic acids is 1. The molecule has 28 heavy (non-hydrogen) atoms. The smallest absolute Gasteiger partial charge is 0.193 e. The third-order valence-electron chi connectivity index (χ3n) is 4.96. The van der Waals surface area contributed by atoms with Crippen LogP contribution in [0.3, 0.4) is 0 Å². The molecule has 0 aliphatic carbocycles. The van der Waals surface area contributed by atoms with E-state index in [1.807, 2.05) is 20.8 Å². The van der Waals surface area contributed by atoms with Crippen molar-refractivity contribution in [3.63, 3.8) is 0 Å². The molecule has 0 saturated heterocycles. The van der Waals surface area contributed by atoms with Gasteiger partial charge in [-0.3, -0.25) is 0 Å². The van der Waals surface area contributed by atoms with Crippen molar-refractivity contribution < 1.29 is 18.2 Å². The van der Waals surface area contributed by atoms with Crippen molar-refractivity contribution in [2.24, 2.45) is 0 Å². The highest BCUT2D eigenvalue weighted by molar-refractivity contribution is 7.90. The fraction of sp³-hybridized carbons (Fsp3) is 0.650. The zero-order valence-electron chi connectivity index (χ0n) is 18.1. The predicted octanol–water partition coefficient (Wildman–Crippen LogP) is 5.03. The molecule has 0 aliphatic rings. The van der Waals surface area contributed by atoms with Gasteiger partial charge in [0.15, 0.2) is 8.32 Å². The zero-order valence-corrected chi connectivity index (χ0v) is 20.6. The summed E-state index contributed by atoms with van der Waals surface area (Å²) in [6, 6.07) is 3.66. The summed E-state index contributed by atoms with van der Waals surface area (Å²) in [6.07, 6.45) is 0.199. The number of nitrogens with one attached hydrogen (secondary N) is 1. The number of rotatable bonds is 8. The molecule has 4 nitrogen and oxygen atoms in total. The van der Waals surface area contributed by atoms with Crippen molar-refractivity contribution in [3.8, 4) is 0 Å². The van der Waals surface area contributed by atoms with E-state index in [0.717, 1.165) is 6.29 Å². The molecular formula is C20H33ClFNO3SSi. The zero-order chi connectivity index (χ0) is 21.9. The average Bonchev–Trinajstić information content (AvgIpc) is 2.48. The Labute approximate surface area is 178 Å². The normalized spacial score (nSPS) is 16.5. The van der Waals surface area contributed by atoms with Gasteiger partial charge in [0, 0.05) is 16.4 Å². The molecule has 0 spiro atoms. The summed E-state index contributed by atoms with van der Waals surface area (Å²) in [6.45, 7) is 15.9. The maximum Gasteiger partial charge on any atom is 0.193 e. The molecule has 0 saturated carbocycles.